The Kier molecular flexibility index (Phi) is 2.73. The van der Waals surface area contributed by atoms with Crippen molar-refractivity contribution in [3.05, 3.63) is 11.8 Å². The molecule has 82 valence electrons. The number of hydrogen-bond donors (Lipinski definition) is 2. The van der Waals surface area contributed by atoms with Crippen molar-refractivity contribution in [1.29, 1.82) is 0 Å². The number of nitrogens with two attached hydrogens (primary N) is 1. The highest BCUT2D eigenvalue weighted by atomic mass is 15.2. The fourth-order valence-corrected chi connectivity index (χ4v) is 1.85. The quantitative estimate of drug-likeness (QED) is 0.738. The number of aryl methyl sites for hydroxylation is 1. The third kappa shape index (κ3) is 2.36. The third-order valence-electron chi connectivity index (χ3n) is 2.72. The van der Waals surface area contributed by atoms with Gasteiger partial charge in [-0.15, -0.1) is 0 Å². The fourth-order valence-electron chi connectivity index (χ4n) is 1.85. The first-order valence-corrected chi connectivity index (χ1v) is 5.19. The maximum Gasteiger partial charge on any atom is 0.221 e. The van der Waals surface area contributed by atoms with E-state index in [4.69, 9.17) is 5.73 Å². The molecule has 1 aliphatic heterocycles. The van der Waals surface area contributed by atoms with Crippen molar-refractivity contribution in [3.63, 3.8) is 0 Å². The molecular formula is C10H17N5. The van der Waals surface area contributed by atoms with Crippen LogP contribution in [0.25, 0.3) is 0 Å². The lowest BCUT2D eigenvalue weighted by Gasteiger charge is -2.15. The summed E-state index contributed by atoms with van der Waals surface area (Å²) in [7, 11) is 2.13. The molecule has 0 bridgehead atoms. The van der Waals surface area contributed by atoms with Gasteiger partial charge < -0.3 is 16.0 Å². The molecule has 3 N–H and O–H groups in total. The number of likely N-dealkylation sites (N-methyl/N-ethyl adjacent to an activating group) is 1. The van der Waals surface area contributed by atoms with E-state index in [-0.39, 0.29) is 0 Å². The lowest BCUT2D eigenvalue weighted by Crippen LogP contribution is -2.24. The predicted octanol–water partition coefficient (Wildman–Crippen LogP) is 0.483. The first kappa shape index (κ1) is 10.2. The smallest absolute Gasteiger partial charge is 0.221 e. The van der Waals surface area contributed by atoms with Crippen molar-refractivity contribution in [2.24, 2.45) is 0 Å². The average Bonchev–Trinajstić information content (AvgIpc) is 2.58. The molecule has 1 fully saturated rings. The molecule has 1 atom stereocenters. The van der Waals surface area contributed by atoms with E-state index in [2.05, 4.69) is 27.2 Å². The average molecular weight is 207 g/mol. The number of hydrogen-bond acceptors (Lipinski definition) is 5. The summed E-state index contributed by atoms with van der Waals surface area (Å²) in [5.74, 6) is 1.19. The Morgan fingerprint density at radius 3 is 3.07 bits per heavy atom. The highest BCUT2D eigenvalue weighted by molar-refractivity contribution is 5.46. The van der Waals surface area contributed by atoms with E-state index >= 15 is 0 Å². The van der Waals surface area contributed by atoms with E-state index in [9.17, 15) is 0 Å². The van der Waals surface area contributed by atoms with Crippen LogP contribution in [-0.4, -0.2) is 41.0 Å². The molecule has 1 aromatic heterocycles. The topological polar surface area (TPSA) is 67.1 Å². The first-order valence-electron chi connectivity index (χ1n) is 5.19. The van der Waals surface area contributed by atoms with Crippen LogP contribution in [-0.2, 0) is 0 Å². The van der Waals surface area contributed by atoms with E-state index < -0.39 is 0 Å². The largest absolute Gasteiger partial charge is 0.368 e. The van der Waals surface area contributed by atoms with Gasteiger partial charge in [0.25, 0.3) is 0 Å². The molecule has 0 aromatic carbocycles. The summed E-state index contributed by atoms with van der Waals surface area (Å²) in [6.07, 6.45) is 2.91. The molecule has 1 saturated heterocycles. The summed E-state index contributed by atoms with van der Waals surface area (Å²) in [5.41, 5.74) is 6.60. The van der Waals surface area contributed by atoms with E-state index in [0.717, 1.165) is 30.9 Å². The highest BCUT2D eigenvalue weighted by Crippen LogP contribution is 2.16. The van der Waals surface area contributed by atoms with Gasteiger partial charge in [-0.3, -0.25) is 0 Å². The Balaban J connectivity index is 2.07. The summed E-state index contributed by atoms with van der Waals surface area (Å²) < 4.78 is 0. The van der Waals surface area contributed by atoms with Crippen LogP contribution >= 0.6 is 0 Å². The van der Waals surface area contributed by atoms with Crippen LogP contribution in [0.5, 0.6) is 0 Å². The number of anilines is 2. The summed E-state index contributed by atoms with van der Waals surface area (Å²) in [6, 6.07) is 0.475. The number of rotatable bonds is 2. The molecule has 1 aliphatic rings. The molecule has 15 heavy (non-hydrogen) atoms. The highest BCUT2D eigenvalue weighted by Gasteiger charge is 2.19. The maximum absolute atomic E-state index is 5.56. The standard InChI is InChI=1S/C10H17N5/c1-7-5-12-10(11)14-9(7)13-8-3-4-15(2)6-8/h5,8H,3-4,6H2,1-2H3,(H3,11,12,13,14). The third-order valence-corrected chi connectivity index (χ3v) is 2.72. The number of nitrogens with one attached hydrogen (secondary N) is 1. The van der Waals surface area contributed by atoms with Crippen LogP contribution in [0, 0.1) is 6.92 Å². The van der Waals surface area contributed by atoms with Crippen molar-refractivity contribution in [2.75, 3.05) is 31.2 Å². The second kappa shape index (κ2) is 4.02. The molecule has 2 heterocycles. The molecule has 0 saturated carbocycles. The van der Waals surface area contributed by atoms with Crippen LogP contribution in [0.15, 0.2) is 6.20 Å². The van der Waals surface area contributed by atoms with Gasteiger partial charge >= 0.3 is 0 Å². The van der Waals surface area contributed by atoms with E-state index in [1.165, 1.54) is 0 Å². The van der Waals surface area contributed by atoms with Crippen LogP contribution in [0.2, 0.25) is 0 Å². The van der Waals surface area contributed by atoms with Gasteiger partial charge in [0.1, 0.15) is 5.82 Å². The van der Waals surface area contributed by atoms with Crippen LogP contribution in [0.1, 0.15) is 12.0 Å². The number of nitrogen functional groups attached to an aromatic ring is 1. The monoisotopic (exact) mass is 207 g/mol. The minimum Gasteiger partial charge on any atom is -0.368 e. The second-order valence-corrected chi connectivity index (χ2v) is 4.15. The minimum atomic E-state index is 0.328. The summed E-state index contributed by atoms with van der Waals surface area (Å²) >= 11 is 0. The van der Waals surface area contributed by atoms with E-state index in [1.807, 2.05) is 6.92 Å². The normalized spacial score (nSPS) is 21.9. The first-order chi connectivity index (χ1) is 7.15. The molecule has 0 amide bonds. The Hall–Kier alpha value is -1.36. The molecule has 0 aliphatic carbocycles. The van der Waals surface area contributed by atoms with Gasteiger partial charge in [-0.25, -0.2) is 4.98 Å². The van der Waals surface area contributed by atoms with Gasteiger partial charge in [-0.05, 0) is 26.9 Å². The number of likely N-dealkylation sites (tertiary alicyclic amines) is 1. The SMILES string of the molecule is Cc1cnc(N)nc1NC1CCN(C)C1. The Labute approximate surface area is 89.7 Å². The maximum atomic E-state index is 5.56. The van der Waals surface area contributed by atoms with E-state index in [0.29, 0.717) is 12.0 Å². The van der Waals surface area contributed by atoms with Crippen molar-refractivity contribution in [1.82, 2.24) is 14.9 Å². The van der Waals surface area contributed by atoms with E-state index in [1.54, 1.807) is 6.20 Å². The van der Waals surface area contributed by atoms with Gasteiger partial charge in [0.05, 0.1) is 0 Å². The lowest BCUT2D eigenvalue weighted by atomic mass is 10.2. The Morgan fingerprint density at radius 2 is 2.40 bits per heavy atom. The Morgan fingerprint density at radius 1 is 1.60 bits per heavy atom. The number of aromatic nitrogens is 2. The minimum absolute atomic E-state index is 0.328. The van der Waals surface area contributed by atoms with Crippen molar-refractivity contribution in [2.45, 2.75) is 19.4 Å². The van der Waals surface area contributed by atoms with Gasteiger partial charge in [-0.1, -0.05) is 0 Å². The van der Waals surface area contributed by atoms with Crippen LogP contribution in [0.3, 0.4) is 0 Å². The van der Waals surface area contributed by atoms with Gasteiger partial charge in [0.15, 0.2) is 0 Å². The zero-order valence-corrected chi connectivity index (χ0v) is 9.20. The molecule has 0 spiro atoms. The van der Waals surface area contributed by atoms with Crippen LogP contribution < -0.4 is 11.1 Å². The van der Waals surface area contributed by atoms with Crippen molar-refractivity contribution >= 4 is 11.8 Å². The molecule has 0 radical (unpaired) electrons. The zero-order chi connectivity index (χ0) is 10.8. The zero-order valence-electron chi connectivity index (χ0n) is 9.20. The van der Waals surface area contributed by atoms with Gasteiger partial charge in [0, 0.05) is 24.3 Å². The Bertz CT molecular complexity index is 352. The molecule has 1 unspecified atom stereocenters. The summed E-state index contributed by atoms with van der Waals surface area (Å²) in [6.45, 7) is 4.18. The van der Waals surface area contributed by atoms with Crippen molar-refractivity contribution < 1.29 is 0 Å². The van der Waals surface area contributed by atoms with Gasteiger partial charge in [0.2, 0.25) is 5.95 Å². The van der Waals surface area contributed by atoms with Gasteiger partial charge in [-0.2, -0.15) is 4.98 Å². The van der Waals surface area contributed by atoms with Crippen molar-refractivity contribution in [3.8, 4) is 0 Å². The van der Waals surface area contributed by atoms with Crippen LogP contribution in [0.4, 0.5) is 11.8 Å². The predicted molar refractivity (Wildman–Crippen MR) is 60.7 cm³/mol. The summed E-state index contributed by atoms with van der Waals surface area (Å²) in [4.78, 5) is 10.4. The molecule has 2 rings (SSSR count). The number of nitrogens with zero attached hydrogens (tertiary/aromatic N) is 3. The fraction of sp³-hybridized carbons (Fsp3) is 0.600. The second-order valence-electron chi connectivity index (χ2n) is 4.15. The molecule has 1 aromatic rings. The molecule has 5 heteroatoms. The molecular weight excluding hydrogens is 190 g/mol. The molecule has 5 nitrogen and oxygen atoms in total. The lowest BCUT2D eigenvalue weighted by molar-refractivity contribution is 0.414. The summed E-state index contributed by atoms with van der Waals surface area (Å²) in [5, 5.41) is 3.41.